The molecular weight excluding hydrogens is 567 g/mol. The Morgan fingerprint density at radius 2 is 1.97 bits per heavy atom. The number of aliphatic hydroxyl groups excluding tert-OH is 1. The van der Waals surface area contributed by atoms with Gasteiger partial charge < -0.3 is 29.8 Å². The highest BCUT2D eigenvalue weighted by atomic mass is 124. The van der Waals surface area contributed by atoms with Gasteiger partial charge in [0.15, 0.2) is 28.5 Å². The number of anilines is 1. The molecule has 186 valence electrons. The van der Waals surface area contributed by atoms with E-state index in [9.17, 15) is 14.3 Å². The van der Waals surface area contributed by atoms with Gasteiger partial charge in [-0.3, -0.25) is 4.79 Å². The average molecular weight is 593 g/mol. The van der Waals surface area contributed by atoms with Gasteiger partial charge in [0.2, 0.25) is 6.79 Å². The summed E-state index contributed by atoms with van der Waals surface area (Å²) < 4.78 is 28.0. The Morgan fingerprint density at radius 3 is 2.69 bits per heavy atom. The number of aryl methyl sites for hydroxylation is 1. The van der Waals surface area contributed by atoms with Gasteiger partial charge in [-0.2, -0.15) is 14.4 Å². The number of benzene rings is 1. The number of aromatic nitrogens is 4. The van der Waals surface area contributed by atoms with Crippen molar-refractivity contribution in [3.8, 4) is 11.5 Å². The summed E-state index contributed by atoms with van der Waals surface area (Å²) in [7, 11) is 0. The highest BCUT2D eigenvalue weighted by Crippen LogP contribution is 2.36. The largest absolute Gasteiger partial charge is 0.454 e. The molecule has 1 fully saturated rings. The SMILES string of the molecule is C[C@H](O)C(=O)N1CCC(CCn2c(Cc3cc4c(cc3[124I])OCO4)nc3c(N)nc(F)nc32)CC1. The van der Waals surface area contributed by atoms with Gasteiger partial charge in [-0.25, -0.2) is 4.98 Å². The van der Waals surface area contributed by atoms with Crippen molar-refractivity contribution in [3.63, 3.8) is 0 Å². The minimum atomic E-state index is -0.981. The number of nitrogens with zero attached hydrogens (tertiary/aromatic N) is 5. The third-order valence-corrected chi connectivity index (χ3v) is 7.61. The molecule has 12 heteroatoms. The summed E-state index contributed by atoms with van der Waals surface area (Å²) in [6.07, 6.45) is 1.11. The number of hydrogen-bond acceptors (Lipinski definition) is 8. The van der Waals surface area contributed by atoms with E-state index in [1.807, 2.05) is 16.7 Å². The summed E-state index contributed by atoms with van der Waals surface area (Å²) in [6, 6.07) is 3.87. The lowest BCUT2D eigenvalue weighted by atomic mass is 9.93. The van der Waals surface area contributed by atoms with Crippen LogP contribution in [0.3, 0.4) is 0 Å². The first-order chi connectivity index (χ1) is 16.8. The fourth-order valence-corrected chi connectivity index (χ4v) is 5.32. The number of likely N-dealkylation sites (tertiary alicyclic amines) is 1. The van der Waals surface area contributed by atoms with Crippen LogP contribution in [0.4, 0.5) is 10.2 Å². The number of halogens is 2. The van der Waals surface area contributed by atoms with Crippen molar-refractivity contribution < 1.29 is 23.8 Å². The van der Waals surface area contributed by atoms with Crippen molar-refractivity contribution in [3.05, 3.63) is 33.2 Å². The molecule has 2 aliphatic rings. The zero-order valence-corrected chi connectivity index (χ0v) is 21.4. The molecule has 4 heterocycles. The summed E-state index contributed by atoms with van der Waals surface area (Å²) in [5.41, 5.74) is 7.74. The van der Waals surface area contributed by atoms with Crippen LogP contribution in [0.5, 0.6) is 11.5 Å². The lowest BCUT2D eigenvalue weighted by Gasteiger charge is -2.32. The van der Waals surface area contributed by atoms with Gasteiger partial charge >= 0.3 is 6.08 Å². The topological polar surface area (TPSA) is 129 Å². The van der Waals surface area contributed by atoms with E-state index in [2.05, 4.69) is 32.6 Å². The third-order valence-electron chi connectivity index (χ3n) is 6.61. The third kappa shape index (κ3) is 4.85. The van der Waals surface area contributed by atoms with Gasteiger partial charge in [-0.05, 0) is 72.4 Å². The number of amides is 1. The van der Waals surface area contributed by atoms with Crippen LogP contribution in [0.15, 0.2) is 12.1 Å². The predicted octanol–water partition coefficient (Wildman–Crippen LogP) is 2.48. The van der Waals surface area contributed by atoms with Crippen LogP contribution < -0.4 is 15.2 Å². The molecule has 0 unspecified atom stereocenters. The summed E-state index contributed by atoms with van der Waals surface area (Å²) in [5, 5.41) is 9.57. The summed E-state index contributed by atoms with van der Waals surface area (Å²) in [4.78, 5) is 26.1. The molecule has 1 saturated heterocycles. The summed E-state index contributed by atoms with van der Waals surface area (Å²) in [5.74, 6) is 2.28. The van der Waals surface area contributed by atoms with E-state index in [4.69, 9.17) is 20.2 Å². The maximum atomic E-state index is 14.1. The highest BCUT2D eigenvalue weighted by molar-refractivity contribution is 14.1. The number of fused-ring (bicyclic) bond motifs is 2. The fourth-order valence-electron chi connectivity index (χ4n) is 4.69. The quantitative estimate of drug-likeness (QED) is 0.330. The molecule has 5 rings (SSSR count). The molecule has 0 radical (unpaired) electrons. The molecule has 3 aromatic rings. The first-order valence-corrected chi connectivity index (χ1v) is 12.6. The fraction of sp³-hybridized carbons (Fsp3) is 0.478. The number of hydrogen-bond donors (Lipinski definition) is 2. The second-order valence-corrected chi connectivity index (χ2v) is 10.1. The summed E-state index contributed by atoms with van der Waals surface area (Å²) >= 11 is 2.26. The van der Waals surface area contributed by atoms with E-state index in [1.165, 1.54) is 6.92 Å². The standard InChI is InChI=1S/C23H26FIN6O4/c1-12(32)22(33)30-5-2-13(3-6-30)4-7-31-18(27-19-20(26)28-23(24)29-21(19)31)9-14-8-16-17(10-15(14)25)35-11-34-16/h8,10,12-13,32H,2-7,9,11H2,1H3,(H2,26,28,29)/t12-/m0/s1/i25-3. The Bertz CT molecular complexity index is 1270. The molecule has 10 nitrogen and oxygen atoms in total. The molecule has 0 saturated carbocycles. The van der Waals surface area contributed by atoms with Crippen LogP contribution in [-0.4, -0.2) is 61.4 Å². The van der Waals surface area contributed by atoms with Crippen LogP contribution in [0.25, 0.3) is 11.2 Å². The Morgan fingerprint density at radius 1 is 1.26 bits per heavy atom. The van der Waals surface area contributed by atoms with Crippen molar-refractivity contribution in [2.75, 3.05) is 25.6 Å². The Labute approximate surface area is 214 Å². The van der Waals surface area contributed by atoms with E-state index in [-0.39, 0.29) is 18.5 Å². The molecule has 1 atom stereocenters. The summed E-state index contributed by atoms with van der Waals surface area (Å²) in [6.45, 7) is 3.50. The van der Waals surface area contributed by atoms with Crippen LogP contribution >= 0.6 is 22.6 Å². The molecule has 0 spiro atoms. The highest BCUT2D eigenvalue weighted by Gasteiger charge is 2.26. The number of rotatable bonds is 6. The van der Waals surface area contributed by atoms with E-state index < -0.39 is 12.2 Å². The Balaban J connectivity index is 1.38. The van der Waals surface area contributed by atoms with Crippen LogP contribution in [0.2, 0.25) is 0 Å². The second-order valence-electron chi connectivity index (χ2n) is 8.94. The number of carbonyl (C=O) groups excluding carboxylic acids is 1. The molecule has 3 N–H and O–H groups in total. The van der Waals surface area contributed by atoms with E-state index in [0.717, 1.165) is 28.4 Å². The predicted molar refractivity (Wildman–Crippen MR) is 133 cm³/mol. The first-order valence-electron chi connectivity index (χ1n) is 11.5. The number of imidazole rings is 1. The number of piperidine rings is 1. The zero-order chi connectivity index (χ0) is 24.7. The van der Waals surface area contributed by atoms with Crippen molar-refractivity contribution in [2.24, 2.45) is 5.92 Å². The Hall–Kier alpha value is -2.74. The maximum absolute atomic E-state index is 14.1. The second kappa shape index (κ2) is 9.72. The van der Waals surface area contributed by atoms with Crippen molar-refractivity contribution in [2.45, 2.75) is 45.3 Å². The van der Waals surface area contributed by atoms with Gasteiger partial charge in [-0.1, -0.05) is 0 Å². The van der Waals surface area contributed by atoms with Crippen molar-refractivity contribution in [1.82, 2.24) is 24.4 Å². The zero-order valence-electron chi connectivity index (χ0n) is 19.2. The van der Waals surface area contributed by atoms with Gasteiger partial charge in [-0.15, -0.1) is 0 Å². The van der Waals surface area contributed by atoms with E-state index in [1.54, 1.807) is 4.90 Å². The van der Waals surface area contributed by atoms with Crippen LogP contribution in [0.1, 0.15) is 37.6 Å². The van der Waals surface area contributed by atoms with Gasteiger partial charge in [0.1, 0.15) is 11.9 Å². The molecule has 2 aromatic heterocycles. The molecule has 0 aliphatic carbocycles. The molecule has 35 heavy (non-hydrogen) atoms. The Kier molecular flexibility index (Phi) is 6.66. The lowest BCUT2D eigenvalue weighted by molar-refractivity contribution is -0.140. The molecular formula is C23H26FIN6O4. The number of ether oxygens (including phenoxy) is 2. The molecule has 1 aromatic carbocycles. The molecule has 0 bridgehead atoms. The minimum Gasteiger partial charge on any atom is -0.454 e. The van der Waals surface area contributed by atoms with Gasteiger partial charge in [0.05, 0.1) is 0 Å². The van der Waals surface area contributed by atoms with Crippen molar-refractivity contribution in [1.29, 1.82) is 0 Å². The van der Waals surface area contributed by atoms with Crippen molar-refractivity contribution >= 4 is 45.5 Å². The lowest BCUT2D eigenvalue weighted by Crippen LogP contribution is -2.43. The number of nitrogen functional groups attached to an aromatic ring is 1. The van der Waals surface area contributed by atoms with E-state index in [0.29, 0.717) is 60.5 Å². The minimum absolute atomic E-state index is 0.0119. The van der Waals surface area contributed by atoms with Gasteiger partial charge in [0, 0.05) is 29.6 Å². The maximum Gasteiger partial charge on any atom is 0.312 e. The van der Waals surface area contributed by atoms with E-state index >= 15 is 0 Å². The van der Waals surface area contributed by atoms with Crippen LogP contribution in [-0.2, 0) is 17.8 Å². The normalized spacial score (nSPS) is 16.7. The van der Waals surface area contributed by atoms with Gasteiger partial charge in [0.25, 0.3) is 5.91 Å². The smallest absolute Gasteiger partial charge is 0.312 e. The number of aliphatic hydroxyl groups is 1. The average Bonchev–Trinajstić information content (AvgIpc) is 3.41. The monoisotopic (exact) mass is 593 g/mol. The molecule has 1 amide bonds. The molecule has 2 aliphatic heterocycles. The number of carbonyl (C=O) groups is 1. The van der Waals surface area contributed by atoms with Crippen LogP contribution in [0, 0.1) is 15.6 Å². The number of nitrogens with two attached hydrogens (primary N) is 1. The first kappa shape index (κ1) is 24.0.